The van der Waals surface area contributed by atoms with E-state index in [0.29, 0.717) is 0 Å². The second-order valence-corrected chi connectivity index (χ2v) is 17.7. The van der Waals surface area contributed by atoms with Crippen molar-refractivity contribution in [1.29, 1.82) is 0 Å². The minimum Gasteiger partial charge on any atom is -0.464 e. The average Bonchev–Trinajstić information content (AvgIpc) is 3.85. The molecule has 0 aliphatic carbocycles. The topological polar surface area (TPSA) is 227 Å². The van der Waals surface area contributed by atoms with Gasteiger partial charge in [-0.25, -0.2) is 4.79 Å². The van der Waals surface area contributed by atoms with E-state index >= 15 is 0 Å². The van der Waals surface area contributed by atoms with Crippen LogP contribution >= 0.6 is 0 Å². The predicted octanol–water partition coefficient (Wildman–Crippen LogP) is 1.98. The van der Waals surface area contributed by atoms with Gasteiger partial charge in [-0.3, -0.25) is 14.4 Å². The Morgan fingerprint density at radius 3 is 1.31 bits per heavy atom. The van der Waals surface area contributed by atoms with Gasteiger partial charge >= 0.3 is 24.1 Å². The fourth-order valence-electron chi connectivity index (χ4n) is 7.47. The average molecular weight is 835 g/mol. The van der Waals surface area contributed by atoms with Crippen LogP contribution in [0.2, 0.25) is 0 Å². The molecule has 1 N–H and O–H groups in total. The molecule has 6 rings (SSSR count). The van der Waals surface area contributed by atoms with E-state index in [1.165, 1.54) is 13.8 Å². The Kier molecular flexibility index (Phi) is 12.6. The quantitative estimate of drug-likeness (QED) is 0.195. The van der Waals surface area contributed by atoms with Crippen LogP contribution in [-0.4, -0.2) is 153 Å². The van der Waals surface area contributed by atoms with Crippen molar-refractivity contribution in [1.82, 2.24) is 0 Å². The third-order valence-corrected chi connectivity index (χ3v) is 10.5. The highest BCUT2D eigenvalue weighted by Gasteiger charge is 2.62. The van der Waals surface area contributed by atoms with E-state index in [4.69, 9.17) is 71.1 Å². The molecule has 0 amide bonds. The summed E-state index contributed by atoms with van der Waals surface area (Å²) in [7, 11) is 0. The van der Waals surface area contributed by atoms with E-state index in [9.17, 15) is 24.3 Å². The molecule has 20 heteroatoms. The number of esters is 3. The minimum atomic E-state index is -1.74. The molecular weight excluding hydrogens is 776 g/mol. The van der Waals surface area contributed by atoms with Gasteiger partial charge in [0, 0.05) is 6.42 Å². The van der Waals surface area contributed by atoms with Crippen LogP contribution in [0.4, 0.5) is 4.79 Å². The summed E-state index contributed by atoms with van der Waals surface area (Å²) in [6.45, 7) is 15.0. The van der Waals surface area contributed by atoms with Crippen LogP contribution in [0.1, 0.15) is 82.6 Å². The molecule has 20 nitrogen and oxygen atoms in total. The number of hydrogen-bond donors (Lipinski definition) is 1. The number of aliphatic hydroxyl groups is 1. The van der Waals surface area contributed by atoms with Gasteiger partial charge in [0.1, 0.15) is 92.7 Å². The van der Waals surface area contributed by atoms with Crippen LogP contribution in [0.15, 0.2) is 0 Å². The summed E-state index contributed by atoms with van der Waals surface area (Å²) in [5.74, 6) is -6.29. The number of rotatable bonds is 14. The molecule has 6 saturated heterocycles. The lowest BCUT2D eigenvalue weighted by Crippen LogP contribution is -2.56. The van der Waals surface area contributed by atoms with Gasteiger partial charge in [-0.05, 0) is 69.2 Å². The summed E-state index contributed by atoms with van der Waals surface area (Å²) in [6, 6.07) is 0. The number of aliphatic hydroxyl groups excluding tert-OH is 1. The molecule has 0 bridgehead atoms. The predicted molar refractivity (Wildman–Crippen MR) is 189 cm³/mol. The Bertz CT molecular complexity index is 1550. The summed E-state index contributed by atoms with van der Waals surface area (Å²) in [4.78, 5) is 52.0. The number of carbonyl (C=O) groups is 4. The SMILES string of the molecule is CCC(=O)OCC(C)(COC(=O)OCC(C)(CO)C(=O)OCC1OC2OC(C)(C)OC2C2OC(C)(C)OC12)C(=O)OCC1OC2OC(C)(C)OC2C2OC(C)(C)OC12. The lowest BCUT2D eigenvalue weighted by atomic mass is 9.93. The van der Waals surface area contributed by atoms with Crippen LogP contribution in [0, 0.1) is 10.8 Å². The first-order chi connectivity index (χ1) is 26.9. The van der Waals surface area contributed by atoms with Crippen molar-refractivity contribution in [2.75, 3.05) is 39.6 Å². The highest BCUT2D eigenvalue weighted by molar-refractivity contribution is 5.78. The molecule has 6 aliphatic heterocycles. The molecule has 0 aromatic carbocycles. The van der Waals surface area contributed by atoms with E-state index in [1.807, 2.05) is 0 Å². The molecule has 0 aromatic rings. The number of hydrogen-bond acceptors (Lipinski definition) is 20. The first-order valence-electron chi connectivity index (χ1n) is 19.5. The van der Waals surface area contributed by atoms with Crippen molar-refractivity contribution in [2.45, 2.75) is 167 Å². The van der Waals surface area contributed by atoms with Gasteiger partial charge in [0.2, 0.25) is 0 Å². The van der Waals surface area contributed by atoms with E-state index in [0.717, 1.165) is 0 Å². The second-order valence-electron chi connectivity index (χ2n) is 17.7. The lowest BCUT2D eigenvalue weighted by molar-refractivity contribution is -0.243. The van der Waals surface area contributed by atoms with Gasteiger partial charge in [-0.1, -0.05) is 6.92 Å². The Labute approximate surface area is 336 Å². The van der Waals surface area contributed by atoms with Crippen molar-refractivity contribution >= 4 is 24.1 Å². The van der Waals surface area contributed by atoms with Crippen molar-refractivity contribution in [2.24, 2.45) is 10.8 Å². The fraction of sp³-hybridized carbons (Fsp3) is 0.895. The van der Waals surface area contributed by atoms with E-state index < -0.39 is 146 Å². The van der Waals surface area contributed by atoms with Crippen molar-refractivity contribution in [3.63, 3.8) is 0 Å². The van der Waals surface area contributed by atoms with Gasteiger partial charge in [-0.2, -0.15) is 0 Å². The van der Waals surface area contributed by atoms with Gasteiger partial charge < -0.3 is 76.2 Å². The summed E-state index contributed by atoms with van der Waals surface area (Å²) in [6.07, 6.45) is -8.31. The van der Waals surface area contributed by atoms with Crippen LogP contribution in [-0.2, 0) is 85.4 Å². The maximum atomic E-state index is 13.7. The third kappa shape index (κ3) is 9.72. The molecule has 6 heterocycles. The first-order valence-corrected chi connectivity index (χ1v) is 19.5. The third-order valence-electron chi connectivity index (χ3n) is 10.5. The first kappa shape index (κ1) is 44.8. The van der Waals surface area contributed by atoms with E-state index in [-0.39, 0.29) is 19.6 Å². The summed E-state index contributed by atoms with van der Waals surface area (Å²) in [5, 5.41) is 10.2. The summed E-state index contributed by atoms with van der Waals surface area (Å²) in [5.41, 5.74) is -3.46. The zero-order chi connectivity index (χ0) is 42.6. The van der Waals surface area contributed by atoms with Gasteiger partial charge in [0.15, 0.2) is 35.7 Å². The Morgan fingerprint density at radius 1 is 0.517 bits per heavy atom. The van der Waals surface area contributed by atoms with Crippen LogP contribution in [0.3, 0.4) is 0 Å². The Morgan fingerprint density at radius 2 is 0.879 bits per heavy atom. The number of ether oxygens (including phenoxy) is 15. The summed E-state index contributed by atoms with van der Waals surface area (Å²) >= 11 is 0. The van der Waals surface area contributed by atoms with Gasteiger partial charge in [-0.15, -0.1) is 0 Å². The van der Waals surface area contributed by atoms with Crippen LogP contribution in [0.5, 0.6) is 0 Å². The Balaban J connectivity index is 1.03. The molecular formula is C38H58O20. The molecule has 12 unspecified atom stereocenters. The molecule has 0 radical (unpaired) electrons. The maximum absolute atomic E-state index is 13.7. The normalized spacial score (nSPS) is 36.8. The van der Waals surface area contributed by atoms with Crippen molar-refractivity contribution in [3.8, 4) is 0 Å². The van der Waals surface area contributed by atoms with Crippen molar-refractivity contribution in [3.05, 3.63) is 0 Å². The zero-order valence-corrected chi connectivity index (χ0v) is 34.9. The molecule has 6 fully saturated rings. The van der Waals surface area contributed by atoms with E-state index in [1.54, 1.807) is 62.3 Å². The fourth-order valence-corrected chi connectivity index (χ4v) is 7.47. The van der Waals surface area contributed by atoms with E-state index in [2.05, 4.69) is 0 Å². The second kappa shape index (κ2) is 16.3. The smallest absolute Gasteiger partial charge is 0.464 e. The Hall–Kier alpha value is -2.76. The highest BCUT2D eigenvalue weighted by Crippen LogP contribution is 2.46. The minimum absolute atomic E-state index is 0.0192. The molecule has 0 saturated carbocycles. The molecule has 330 valence electrons. The largest absolute Gasteiger partial charge is 0.508 e. The molecule has 58 heavy (non-hydrogen) atoms. The molecule has 6 aliphatic rings. The summed E-state index contributed by atoms with van der Waals surface area (Å²) < 4.78 is 87.4. The van der Waals surface area contributed by atoms with Gasteiger partial charge in [0.05, 0.1) is 6.61 Å². The number of carbonyl (C=O) groups excluding carboxylic acids is 4. The lowest BCUT2D eigenvalue weighted by Gasteiger charge is -2.37. The standard InChI is InChI=1S/C38H58O20/c1-12-21(40)46-17-38(11,31(42)45-14-20-23-25(54-34(4,5)52-23)27-29(50-20)58-36(8,9)56-27)18-48-32(43)47-16-37(10,15-39)30(41)44-13-19-22-24(53-33(2,3)51-22)26-28(49-19)57-35(6,7)55-26/h19-20,22-29,39H,12-18H2,1-11H3. The zero-order valence-electron chi connectivity index (χ0n) is 34.9. The van der Waals surface area contributed by atoms with Crippen LogP contribution in [0.25, 0.3) is 0 Å². The molecule has 0 spiro atoms. The monoisotopic (exact) mass is 834 g/mol. The van der Waals surface area contributed by atoms with Gasteiger partial charge in [0.25, 0.3) is 0 Å². The van der Waals surface area contributed by atoms with Crippen molar-refractivity contribution < 1.29 is 95.3 Å². The molecule has 12 atom stereocenters. The number of fused-ring (bicyclic) bond motifs is 6. The van der Waals surface area contributed by atoms with Crippen LogP contribution < -0.4 is 0 Å². The molecule has 0 aromatic heterocycles. The highest BCUT2D eigenvalue weighted by atomic mass is 16.9. The maximum Gasteiger partial charge on any atom is 0.508 e.